The quantitative estimate of drug-likeness (QED) is 0.762. The molecule has 7 nitrogen and oxygen atoms in total. The van der Waals surface area contributed by atoms with E-state index in [9.17, 15) is 9.18 Å². The Bertz CT molecular complexity index is 926. The lowest BCUT2D eigenvalue weighted by molar-refractivity contribution is -0.140. The number of fused-ring (bicyclic) bond motifs is 3. The Morgan fingerprint density at radius 2 is 2.33 bits per heavy atom. The number of benzene rings is 1. The number of nitrogens with one attached hydrogen (secondary N) is 1. The highest BCUT2D eigenvalue weighted by atomic mass is 19.1. The van der Waals surface area contributed by atoms with Crippen molar-refractivity contribution in [2.75, 3.05) is 24.6 Å². The number of H-pyrrole nitrogens is 1. The van der Waals surface area contributed by atoms with Gasteiger partial charge >= 0.3 is 5.97 Å². The molecule has 1 aliphatic heterocycles. The third-order valence-corrected chi connectivity index (χ3v) is 4.17. The molecule has 2 aromatic heterocycles. The molecule has 0 amide bonds. The largest absolute Gasteiger partial charge is 0.481 e. The number of anilines is 1. The molecule has 3 aromatic rings. The van der Waals surface area contributed by atoms with Crippen molar-refractivity contribution in [2.45, 2.75) is 12.5 Å². The van der Waals surface area contributed by atoms with Crippen molar-refractivity contribution < 1.29 is 19.0 Å². The van der Waals surface area contributed by atoms with Gasteiger partial charge in [-0.25, -0.2) is 14.4 Å². The molecule has 1 aromatic carbocycles. The van der Waals surface area contributed by atoms with E-state index in [1.807, 2.05) is 4.90 Å². The smallest absolute Gasteiger partial charge is 0.306 e. The van der Waals surface area contributed by atoms with Crippen LogP contribution in [-0.4, -0.2) is 51.8 Å². The standard InChI is InChI=1S/C16H15FN4O3/c17-9-1-2-11-12(5-9)20-15-14(11)16(19-8-18-15)21-3-4-24-10(7-21)6-13(22)23/h1-2,5,8,10H,3-4,6-7H2,(H,22,23)(H,18,19,20)/t10-/m1/s1. The van der Waals surface area contributed by atoms with Crippen LogP contribution in [0.2, 0.25) is 0 Å². The van der Waals surface area contributed by atoms with Crippen LogP contribution in [0, 0.1) is 5.82 Å². The van der Waals surface area contributed by atoms with Gasteiger partial charge in [-0.15, -0.1) is 0 Å². The molecule has 8 heteroatoms. The maximum absolute atomic E-state index is 13.5. The predicted octanol–water partition coefficient (Wildman–Crippen LogP) is 1.93. The Labute approximate surface area is 136 Å². The van der Waals surface area contributed by atoms with Crippen LogP contribution in [0.3, 0.4) is 0 Å². The molecule has 1 aliphatic rings. The summed E-state index contributed by atoms with van der Waals surface area (Å²) >= 11 is 0. The summed E-state index contributed by atoms with van der Waals surface area (Å²) in [5.41, 5.74) is 1.28. The lowest BCUT2D eigenvalue weighted by Crippen LogP contribution is -2.43. The fraction of sp³-hybridized carbons (Fsp3) is 0.312. The third kappa shape index (κ3) is 2.54. The Hall–Kier alpha value is -2.74. The van der Waals surface area contributed by atoms with Gasteiger partial charge in [0.1, 0.15) is 23.6 Å². The fourth-order valence-corrected chi connectivity index (χ4v) is 3.15. The summed E-state index contributed by atoms with van der Waals surface area (Å²) in [5.74, 6) is -0.509. The topological polar surface area (TPSA) is 91.3 Å². The molecule has 0 radical (unpaired) electrons. The third-order valence-electron chi connectivity index (χ3n) is 4.17. The normalized spacial score (nSPS) is 18.4. The Kier molecular flexibility index (Phi) is 3.53. The van der Waals surface area contributed by atoms with Crippen LogP contribution in [0.1, 0.15) is 6.42 Å². The van der Waals surface area contributed by atoms with E-state index in [0.29, 0.717) is 36.7 Å². The van der Waals surface area contributed by atoms with E-state index in [2.05, 4.69) is 15.0 Å². The number of rotatable bonds is 3. The molecule has 1 saturated heterocycles. The first kappa shape index (κ1) is 14.8. The molecular weight excluding hydrogens is 315 g/mol. The molecule has 24 heavy (non-hydrogen) atoms. The van der Waals surface area contributed by atoms with Gasteiger partial charge in [0.25, 0.3) is 0 Å². The zero-order valence-corrected chi connectivity index (χ0v) is 12.7. The number of halogens is 1. The van der Waals surface area contributed by atoms with E-state index in [1.165, 1.54) is 18.5 Å². The van der Waals surface area contributed by atoms with Crippen molar-refractivity contribution in [1.29, 1.82) is 0 Å². The second kappa shape index (κ2) is 5.72. The number of morpholine rings is 1. The van der Waals surface area contributed by atoms with Crippen LogP contribution < -0.4 is 4.90 Å². The number of aromatic nitrogens is 3. The van der Waals surface area contributed by atoms with Gasteiger partial charge in [-0.1, -0.05) is 0 Å². The van der Waals surface area contributed by atoms with E-state index < -0.39 is 5.97 Å². The molecule has 0 bridgehead atoms. The first-order chi connectivity index (χ1) is 11.6. The highest BCUT2D eigenvalue weighted by molar-refractivity contribution is 6.11. The Balaban J connectivity index is 1.78. The molecule has 0 saturated carbocycles. The van der Waals surface area contributed by atoms with Gasteiger partial charge in [-0.3, -0.25) is 4.79 Å². The number of ether oxygens (including phenoxy) is 1. The summed E-state index contributed by atoms with van der Waals surface area (Å²) in [6, 6.07) is 4.53. The molecule has 2 N–H and O–H groups in total. The molecule has 0 unspecified atom stereocenters. The first-order valence-corrected chi connectivity index (χ1v) is 7.62. The van der Waals surface area contributed by atoms with Crippen LogP contribution in [-0.2, 0) is 9.53 Å². The van der Waals surface area contributed by atoms with E-state index in [1.54, 1.807) is 6.07 Å². The van der Waals surface area contributed by atoms with Crippen molar-refractivity contribution in [1.82, 2.24) is 15.0 Å². The number of hydrogen-bond acceptors (Lipinski definition) is 5. The monoisotopic (exact) mass is 330 g/mol. The van der Waals surface area contributed by atoms with Gasteiger partial charge in [0.15, 0.2) is 0 Å². The van der Waals surface area contributed by atoms with Crippen LogP contribution in [0.25, 0.3) is 21.9 Å². The van der Waals surface area contributed by atoms with Crippen molar-refractivity contribution in [3.05, 3.63) is 30.3 Å². The summed E-state index contributed by atoms with van der Waals surface area (Å²) in [7, 11) is 0. The van der Waals surface area contributed by atoms with Crippen molar-refractivity contribution >= 4 is 33.7 Å². The maximum Gasteiger partial charge on any atom is 0.306 e. The lowest BCUT2D eigenvalue weighted by atomic mass is 10.1. The van der Waals surface area contributed by atoms with E-state index in [-0.39, 0.29) is 18.3 Å². The number of carboxylic acid groups (broad SMARTS) is 1. The molecule has 4 rings (SSSR count). The second-order valence-electron chi connectivity index (χ2n) is 5.77. The number of carbonyl (C=O) groups is 1. The number of aliphatic carboxylic acids is 1. The van der Waals surface area contributed by atoms with E-state index in [4.69, 9.17) is 9.84 Å². The zero-order valence-electron chi connectivity index (χ0n) is 12.7. The lowest BCUT2D eigenvalue weighted by Gasteiger charge is -2.33. The van der Waals surface area contributed by atoms with Crippen LogP contribution >= 0.6 is 0 Å². The van der Waals surface area contributed by atoms with Crippen molar-refractivity contribution in [3.8, 4) is 0 Å². The molecule has 1 atom stereocenters. The van der Waals surface area contributed by atoms with Crippen LogP contribution in [0.4, 0.5) is 10.2 Å². The maximum atomic E-state index is 13.5. The molecule has 0 aliphatic carbocycles. The number of carboxylic acids is 1. The van der Waals surface area contributed by atoms with Gasteiger partial charge < -0.3 is 19.7 Å². The van der Waals surface area contributed by atoms with E-state index in [0.717, 1.165) is 10.8 Å². The van der Waals surface area contributed by atoms with Gasteiger partial charge in [0.05, 0.1) is 30.0 Å². The van der Waals surface area contributed by atoms with Gasteiger partial charge in [0.2, 0.25) is 0 Å². The van der Waals surface area contributed by atoms with Crippen molar-refractivity contribution in [3.63, 3.8) is 0 Å². The van der Waals surface area contributed by atoms with Crippen LogP contribution in [0.5, 0.6) is 0 Å². The average molecular weight is 330 g/mol. The highest BCUT2D eigenvalue weighted by Crippen LogP contribution is 2.32. The SMILES string of the molecule is O=C(O)C[C@@H]1CN(c2ncnc3[nH]c4cc(F)ccc4c23)CCO1. The summed E-state index contributed by atoms with van der Waals surface area (Å²) in [6.45, 7) is 1.48. The number of nitrogens with zero attached hydrogens (tertiary/aromatic N) is 3. The minimum atomic E-state index is -0.891. The van der Waals surface area contributed by atoms with E-state index >= 15 is 0 Å². The summed E-state index contributed by atoms with van der Waals surface area (Å²) in [6.07, 6.45) is 1.01. The molecule has 3 heterocycles. The second-order valence-corrected chi connectivity index (χ2v) is 5.77. The summed E-state index contributed by atoms with van der Waals surface area (Å²) in [5, 5.41) is 10.6. The predicted molar refractivity (Wildman–Crippen MR) is 85.6 cm³/mol. The number of aromatic amines is 1. The first-order valence-electron chi connectivity index (χ1n) is 7.62. The summed E-state index contributed by atoms with van der Waals surface area (Å²) in [4.78, 5) is 24.6. The van der Waals surface area contributed by atoms with Gasteiger partial charge in [0, 0.05) is 18.5 Å². The zero-order chi connectivity index (χ0) is 16.7. The fourth-order valence-electron chi connectivity index (χ4n) is 3.15. The molecule has 1 fully saturated rings. The minimum Gasteiger partial charge on any atom is -0.481 e. The average Bonchev–Trinajstić information content (AvgIpc) is 2.91. The van der Waals surface area contributed by atoms with Crippen LogP contribution in [0.15, 0.2) is 24.5 Å². The van der Waals surface area contributed by atoms with Gasteiger partial charge in [-0.2, -0.15) is 0 Å². The molecule has 0 spiro atoms. The van der Waals surface area contributed by atoms with Gasteiger partial charge in [-0.05, 0) is 18.2 Å². The molecular formula is C16H15FN4O3. The summed E-state index contributed by atoms with van der Waals surface area (Å²) < 4.78 is 19.0. The highest BCUT2D eigenvalue weighted by Gasteiger charge is 2.25. The molecule has 124 valence electrons. The minimum absolute atomic E-state index is 0.0518. The number of hydrogen-bond donors (Lipinski definition) is 2. The Morgan fingerprint density at radius 3 is 3.17 bits per heavy atom. The Morgan fingerprint density at radius 1 is 1.46 bits per heavy atom. The van der Waals surface area contributed by atoms with Crippen molar-refractivity contribution in [2.24, 2.45) is 0 Å².